The van der Waals surface area contributed by atoms with E-state index in [1.807, 2.05) is 110 Å². The minimum absolute atomic E-state index is 0.153. The van der Waals surface area contributed by atoms with Crippen molar-refractivity contribution in [2.45, 2.75) is 0 Å². The van der Waals surface area contributed by atoms with Crippen LogP contribution in [0.15, 0.2) is 96.0 Å². The Morgan fingerprint density at radius 2 is 1.59 bits per heavy atom. The summed E-state index contributed by atoms with van der Waals surface area (Å²) < 4.78 is 1.59. The summed E-state index contributed by atoms with van der Waals surface area (Å²) in [5, 5.41) is 2.12. The van der Waals surface area contributed by atoms with Crippen LogP contribution in [0.3, 0.4) is 0 Å². The van der Waals surface area contributed by atoms with Crippen molar-refractivity contribution in [2.24, 2.45) is 4.99 Å². The summed E-state index contributed by atoms with van der Waals surface area (Å²) in [5.41, 5.74) is 4.12. The van der Waals surface area contributed by atoms with Gasteiger partial charge in [-0.3, -0.25) is 4.79 Å². The molecule has 5 heteroatoms. The number of nitrogens with zero attached hydrogens (tertiary/aromatic N) is 4. The smallest absolute Gasteiger partial charge is 0.265 e. The molecule has 0 bridgehead atoms. The van der Waals surface area contributed by atoms with E-state index in [2.05, 4.69) is 9.98 Å². The number of carbonyl (C=O) groups excluding carboxylic acids is 1. The van der Waals surface area contributed by atoms with Crippen LogP contribution in [0.25, 0.3) is 21.8 Å². The fourth-order valence-electron chi connectivity index (χ4n) is 3.74. The quantitative estimate of drug-likeness (QED) is 0.352. The predicted molar refractivity (Wildman–Crippen MR) is 131 cm³/mol. The molecule has 0 aliphatic heterocycles. The number of anilines is 1. The van der Waals surface area contributed by atoms with E-state index < -0.39 is 0 Å². The van der Waals surface area contributed by atoms with E-state index in [0.29, 0.717) is 11.5 Å². The number of aliphatic imine (C=N–C) groups is 1. The van der Waals surface area contributed by atoms with Gasteiger partial charge in [-0.15, -0.1) is 0 Å². The number of hydrogen-bond acceptors (Lipinski definition) is 4. The minimum atomic E-state index is -0.153. The van der Waals surface area contributed by atoms with Gasteiger partial charge in [0.2, 0.25) is 5.95 Å². The van der Waals surface area contributed by atoms with E-state index in [-0.39, 0.29) is 5.91 Å². The molecule has 32 heavy (non-hydrogen) atoms. The lowest BCUT2D eigenvalue weighted by Crippen LogP contribution is -2.11. The molecule has 0 saturated carbocycles. The van der Waals surface area contributed by atoms with E-state index in [0.717, 1.165) is 33.1 Å². The highest BCUT2D eigenvalue weighted by Crippen LogP contribution is 2.25. The zero-order valence-corrected chi connectivity index (χ0v) is 17.9. The molecule has 0 aliphatic carbocycles. The molecule has 0 fully saturated rings. The highest BCUT2D eigenvalue weighted by molar-refractivity contribution is 6.05. The van der Waals surface area contributed by atoms with Crippen molar-refractivity contribution in [3.05, 3.63) is 102 Å². The lowest BCUT2D eigenvalue weighted by atomic mass is 10.1. The fraction of sp³-hybridized carbons (Fsp3) is 0.0741. The van der Waals surface area contributed by atoms with Crippen molar-refractivity contribution in [1.29, 1.82) is 0 Å². The van der Waals surface area contributed by atoms with Gasteiger partial charge in [0.25, 0.3) is 5.91 Å². The highest BCUT2D eigenvalue weighted by Gasteiger charge is 2.18. The Hall–Kier alpha value is -4.25. The van der Waals surface area contributed by atoms with Crippen LogP contribution >= 0.6 is 0 Å². The Morgan fingerprint density at radius 3 is 2.38 bits per heavy atom. The molecule has 0 unspecified atom stereocenters. The topological polar surface area (TPSA) is 50.5 Å². The molecule has 5 aromatic rings. The van der Waals surface area contributed by atoms with Gasteiger partial charge in [0.05, 0.1) is 11.0 Å². The second-order valence-corrected chi connectivity index (χ2v) is 7.85. The maximum atomic E-state index is 13.6. The number of imidazole rings is 1. The predicted octanol–water partition coefficient (Wildman–Crippen LogP) is 5.69. The zero-order valence-electron chi connectivity index (χ0n) is 17.9. The molecule has 0 aliphatic rings. The SMILES string of the molecule is CN(C)c1ccc(/C=N/c2nc3ccccc3n2C(=O)c2ccc3ccccc3c2)cc1. The molecular weight excluding hydrogens is 396 g/mol. The maximum absolute atomic E-state index is 13.6. The lowest BCUT2D eigenvalue weighted by molar-refractivity contribution is 0.0966. The summed E-state index contributed by atoms with van der Waals surface area (Å²) in [6.07, 6.45) is 1.74. The van der Waals surface area contributed by atoms with Gasteiger partial charge < -0.3 is 4.90 Å². The molecule has 0 amide bonds. The van der Waals surface area contributed by atoms with Gasteiger partial charge in [0.1, 0.15) is 0 Å². The van der Waals surface area contributed by atoms with Gasteiger partial charge in [0, 0.05) is 31.6 Å². The monoisotopic (exact) mass is 418 g/mol. The van der Waals surface area contributed by atoms with Crippen molar-refractivity contribution in [1.82, 2.24) is 9.55 Å². The van der Waals surface area contributed by atoms with Crippen LogP contribution in [-0.2, 0) is 0 Å². The number of carbonyl (C=O) groups is 1. The van der Waals surface area contributed by atoms with Crippen LogP contribution in [0.5, 0.6) is 0 Å². The Morgan fingerprint density at radius 1 is 0.875 bits per heavy atom. The molecule has 156 valence electrons. The first-order chi connectivity index (χ1) is 15.6. The average Bonchev–Trinajstić information content (AvgIpc) is 3.20. The summed E-state index contributed by atoms with van der Waals surface area (Å²) in [4.78, 5) is 24.8. The van der Waals surface area contributed by atoms with Crippen molar-refractivity contribution in [3.8, 4) is 0 Å². The standard InChI is InChI=1S/C27H22N4O/c1-30(2)23-15-11-19(12-16-23)18-28-27-29-24-9-5-6-10-25(24)31(27)26(32)22-14-13-20-7-3-4-8-21(20)17-22/h3-18H,1-2H3/b28-18+. The molecule has 0 radical (unpaired) electrons. The number of benzene rings is 4. The molecule has 1 heterocycles. The fourth-order valence-corrected chi connectivity index (χ4v) is 3.74. The second kappa shape index (κ2) is 8.12. The van der Waals surface area contributed by atoms with Gasteiger partial charge in [-0.2, -0.15) is 0 Å². The largest absolute Gasteiger partial charge is 0.378 e. The van der Waals surface area contributed by atoms with E-state index in [1.165, 1.54) is 0 Å². The summed E-state index contributed by atoms with van der Waals surface area (Å²) >= 11 is 0. The number of rotatable bonds is 4. The molecule has 5 nitrogen and oxygen atoms in total. The van der Waals surface area contributed by atoms with Crippen LogP contribution in [0.4, 0.5) is 11.6 Å². The maximum Gasteiger partial charge on any atom is 0.265 e. The number of hydrogen-bond donors (Lipinski definition) is 0. The Balaban J connectivity index is 1.57. The van der Waals surface area contributed by atoms with E-state index >= 15 is 0 Å². The first-order valence-corrected chi connectivity index (χ1v) is 10.4. The van der Waals surface area contributed by atoms with Gasteiger partial charge in [0.15, 0.2) is 0 Å². The number of aromatic nitrogens is 2. The normalized spacial score (nSPS) is 11.4. The van der Waals surface area contributed by atoms with Crippen LogP contribution < -0.4 is 4.90 Å². The zero-order chi connectivity index (χ0) is 22.1. The van der Waals surface area contributed by atoms with Gasteiger partial charge in [-0.25, -0.2) is 14.5 Å². The molecule has 0 atom stereocenters. The Kier molecular flexibility index (Phi) is 5.00. The van der Waals surface area contributed by atoms with Crippen LogP contribution in [-0.4, -0.2) is 35.8 Å². The van der Waals surface area contributed by atoms with E-state index in [1.54, 1.807) is 10.8 Å². The third-order valence-electron chi connectivity index (χ3n) is 5.48. The highest BCUT2D eigenvalue weighted by atomic mass is 16.2. The second-order valence-electron chi connectivity index (χ2n) is 7.85. The third-order valence-corrected chi connectivity index (χ3v) is 5.48. The minimum Gasteiger partial charge on any atom is -0.378 e. The summed E-state index contributed by atoms with van der Waals surface area (Å²) in [6, 6.07) is 29.4. The number of fused-ring (bicyclic) bond motifs is 2. The summed E-state index contributed by atoms with van der Waals surface area (Å²) in [7, 11) is 4.01. The van der Waals surface area contributed by atoms with E-state index in [9.17, 15) is 4.79 Å². The van der Waals surface area contributed by atoms with Gasteiger partial charge >= 0.3 is 0 Å². The van der Waals surface area contributed by atoms with Gasteiger partial charge in [-0.05, 0) is 52.7 Å². The van der Waals surface area contributed by atoms with Gasteiger partial charge in [-0.1, -0.05) is 54.6 Å². The molecule has 0 spiro atoms. The molecule has 4 aromatic carbocycles. The molecule has 5 rings (SSSR count). The summed E-state index contributed by atoms with van der Waals surface area (Å²) in [6.45, 7) is 0. The lowest BCUT2D eigenvalue weighted by Gasteiger charge is -2.11. The molecular formula is C27H22N4O. The molecule has 0 N–H and O–H groups in total. The number of para-hydroxylation sites is 2. The first kappa shape index (κ1) is 19.7. The van der Waals surface area contributed by atoms with Crippen LogP contribution in [0.2, 0.25) is 0 Å². The van der Waals surface area contributed by atoms with Crippen molar-refractivity contribution >= 4 is 45.6 Å². The first-order valence-electron chi connectivity index (χ1n) is 10.4. The molecule has 1 aromatic heterocycles. The van der Waals surface area contributed by atoms with Crippen LogP contribution in [0, 0.1) is 0 Å². The van der Waals surface area contributed by atoms with Crippen LogP contribution in [0.1, 0.15) is 15.9 Å². The Labute approximate surface area is 186 Å². The Bertz CT molecular complexity index is 1460. The summed E-state index contributed by atoms with van der Waals surface area (Å²) in [5.74, 6) is 0.209. The van der Waals surface area contributed by atoms with Crippen molar-refractivity contribution in [3.63, 3.8) is 0 Å². The van der Waals surface area contributed by atoms with E-state index in [4.69, 9.17) is 0 Å². The third kappa shape index (κ3) is 3.65. The average molecular weight is 419 g/mol. The molecule has 0 saturated heterocycles. The van der Waals surface area contributed by atoms with Crippen molar-refractivity contribution in [2.75, 3.05) is 19.0 Å². The van der Waals surface area contributed by atoms with Crippen molar-refractivity contribution < 1.29 is 4.79 Å².